The SMILES string of the molecule is CCCCCCCCCC[C@H](O)[C@@H]1CC[C@@H]([C@@H](O)CC[C@@H](O)[C@H]2CC[C@H](CCCCCCC[C@H](O)CC3=C[C@H](C)OC3=O)O2)O1. The van der Waals surface area contributed by atoms with Gasteiger partial charge < -0.3 is 34.6 Å². The van der Waals surface area contributed by atoms with Gasteiger partial charge in [-0.25, -0.2) is 4.79 Å². The monoisotopic (exact) mass is 638 g/mol. The first kappa shape index (κ1) is 38.4. The molecular formula is C37H66O8. The number of hydrogen-bond acceptors (Lipinski definition) is 8. The molecule has 3 rings (SSSR count). The molecule has 2 saturated heterocycles. The molecule has 4 N–H and O–H groups in total. The molecule has 3 heterocycles. The number of aliphatic hydroxyl groups is 4. The smallest absolute Gasteiger partial charge is 0.334 e. The van der Waals surface area contributed by atoms with Crippen LogP contribution in [-0.4, -0.2) is 81.3 Å². The minimum Gasteiger partial charge on any atom is -0.455 e. The van der Waals surface area contributed by atoms with Crippen molar-refractivity contribution >= 4 is 5.97 Å². The summed E-state index contributed by atoms with van der Waals surface area (Å²) in [6.45, 7) is 4.07. The number of carbonyl (C=O) groups excluding carboxylic acids is 1. The Morgan fingerprint density at radius 1 is 0.667 bits per heavy atom. The maximum atomic E-state index is 11.7. The molecular weight excluding hydrogens is 572 g/mol. The molecule has 0 aromatic carbocycles. The summed E-state index contributed by atoms with van der Waals surface area (Å²) in [6, 6.07) is 0. The number of unbranched alkanes of at least 4 members (excludes halogenated alkanes) is 11. The predicted molar refractivity (Wildman–Crippen MR) is 177 cm³/mol. The highest BCUT2D eigenvalue weighted by Crippen LogP contribution is 2.31. The normalized spacial score (nSPS) is 27.8. The lowest BCUT2D eigenvalue weighted by atomic mass is 9.98. The van der Waals surface area contributed by atoms with E-state index in [1.54, 1.807) is 6.08 Å². The third kappa shape index (κ3) is 14.7. The van der Waals surface area contributed by atoms with Crippen molar-refractivity contribution in [2.45, 2.75) is 216 Å². The van der Waals surface area contributed by atoms with Gasteiger partial charge in [-0.15, -0.1) is 0 Å². The van der Waals surface area contributed by atoms with Crippen LogP contribution in [0.1, 0.15) is 162 Å². The van der Waals surface area contributed by atoms with E-state index in [0.717, 1.165) is 83.5 Å². The maximum Gasteiger partial charge on any atom is 0.334 e. The fourth-order valence-electron chi connectivity index (χ4n) is 7.29. The Morgan fingerprint density at radius 2 is 1.18 bits per heavy atom. The van der Waals surface area contributed by atoms with Crippen molar-refractivity contribution in [1.29, 1.82) is 0 Å². The van der Waals surface area contributed by atoms with Crippen molar-refractivity contribution < 1.29 is 39.4 Å². The highest BCUT2D eigenvalue weighted by molar-refractivity contribution is 5.90. The van der Waals surface area contributed by atoms with Crippen LogP contribution in [0.2, 0.25) is 0 Å². The molecule has 3 aliphatic heterocycles. The van der Waals surface area contributed by atoms with Crippen LogP contribution in [0.5, 0.6) is 0 Å². The Balaban J connectivity index is 1.16. The molecule has 0 bridgehead atoms. The number of cyclic esters (lactones) is 1. The number of carbonyl (C=O) groups is 1. The van der Waals surface area contributed by atoms with Crippen molar-refractivity contribution in [3.63, 3.8) is 0 Å². The zero-order valence-corrected chi connectivity index (χ0v) is 28.5. The Bertz CT molecular complexity index is 833. The average molecular weight is 639 g/mol. The molecule has 0 spiro atoms. The van der Waals surface area contributed by atoms with Gasteiger partial charge in [-0.05, 0) is 70.8 Å². The van der Waals surface area contributed by atoms with E-state index in [0.29, 0.717) is 31.3 Å². The van der Waals surface area contributed by atoms with E-state index in [9.17, 15) is 25.2 Å². The lowest BCUT2D eigenvalue weighted by molar-refractivity contribution is -0.139. The van der Waals surface area contributed by atoms with Gasteiger partial charge in [0.25, 0.3) is 0 Å². The third-order valence-corrected chi connectivity index (χ3v) is 10.1. The second kappa shape index (κ2) is 21.8. The Kier molecular flexibility index (Phi) is 18.6. The number of aliphatic hydroxyl groups excluding tert-OH is 4. The van der Waals surface area contributed by atoms with Gasteiger partial charge in [0.05, 0.1) is 48.8 Å². The first-order chi connectivity index (χ1) is 21.8. The number of esters is 1. The standard InChI is InChI=1S/C37H66O8/c1-3-4-5-6-7-8-12-15-18-31(39)35-23-24-36(45-35)33(41)21-20-32(40)34-22-19-30(44-34)17-14-11-9-10-13-16-29(38)26-28-25-27(2)43-37(28)42/h25,27,29-36,38-41H,3-24,26H2,1-2H3/t27-,29-,30-,31-,32+,33-,34+,35-,36-/m0/s1. The van der Waals surface area contributed by atoms with Gasteiger partial charge >= 0.3 is 5.97 Å². The van der Waals surface area contributed by atoms with Gasteiger partial charge in [0, 0.05) is 12.0 Å². The van der Waals surface area contributed by atoms with Crippen molar-refractivity contribution in [2.75, 3.05) is 0 Å². The molecule has 8 heteroatoms. The van der Waals surface area contributed by atoms with E-state index in [1.807, 2.05) is 6.92 Å². The summed E-state index contributed by atoms with van der Waals surface area (Å²) in [5.41, 5.74) is 0.600. The molecule has 0 aromatic rings. The molecule has 0 radical (unpaired) electrons. The molecule has 0 aliphatic carbocycles. The third-order valence-electron chi connectivity index (χ3n) is 10.1. The van der Waals surface area contributed by atoms with Crippen LogP contribution in [0.15, 0.2) is 11.6 Å². The molecule has 0 amide bonds. The zero-order chi connectivity index (χ0) is 32.4. The van der Waals surface area contributed by atoms with Crippen LogP contribution < -0.4 is 0 Å². The largest absolute Gasteiger partial charge is 0.455 e. The van der Waals surface area contributed by atoms with Crippen LogP contribution in [0, 0.1) is 0 Å². The highest BCUT2D eigenvalue weighted by atomic mass is 16.5. The van der Waals surface area contributed by atoms with Crippen LogP contribution >= 0.6 is 0 Å². The summed E-state index contributed by atoms with van der Waals surface area (Å²) in [5, 5.41) is 42.4. The van der Waals surface area contributed by atoms with Crippen LogP contribution in [0.4, 0.5) is 0 Å². The lowest BCUT2D eigenvalue weighted by Crippen LogP contribution is -2.33. The molecule has 3 aliphatic rings. The van der Waals surface area contributed by atoms with Crippen LogP contribution in [-0.2, 0) is 19.0 Å². The number of ether oxygens (including phenoxy) is 3. The van der Waals surface area contributed by atoms with E-state index in [2.05, 4.69) is 6.92 Å². The van der Waals surface area contributed by atoms with E-state index >= 15 is 0 Å². The molecule has 0 saturated carbocycles. The van der Waals surface area contributed by atoms with Gasteiger partial charge in [0.2, 0.25) is 0 Å². The van der Waals surface area contributed by atoms with Gasteiger partial charge in [-0.2, -0.15) is 0 Å². The summed E-state index contributed by atoms with van der Waals surface area (Å²) in [5.74, 6) is -0.295. The number of rotatable bonds is 25. The summed E-state index contributed by atoms with van der Waals surface area (Å²) in [7, 11) is 0. The Hall–Kier alpha value is -1.03. The summed E-state index contributed by atoms with van der Waals surface area (Å²) >= 11 is 0. The topological polar surface area (TPSA) is 126 Å². The molecule has 2 fully saturated rings. The van der Waals surface area contributed by atoms with E-state index in [-0.39, 0.29) is 36.5 Å². The predicted octanol–water partition coefficient (Wildman–Crippen LogP) is 6.83. The molecule has 0 unspecified atom stereocenters. The van der Waals surface area contributed by atoms with Gasteiger partial charge in [-0.3, -0.25) is 0 Å². The zero-order valence-electron chi connectivity index (χ0n) is 28.5. The number of hydrogen-bond donors (Lipinski definition) is 4. The average Bonchev–Trinajstić information content (AvgIpc) is 3.77. The second-order valence-electron chi connectivity index (χ2n) is 14.2. The summed E-state index contributed by atoms with van der Waals surface area (Å²) in [6.07, 6.45) is 21.6. The second-order valence-corrected chi connectivity index (χ2v) is 14.2. The van der Waals surface area contributed by atoms with Gasteiger partial charge in [-0.1, -0.05) is 90.4 Å². The van der Waals surface area contributed by atoms with Crippen molar-refractivity contribution in [2.24, 2.45) is 0 Å². The van der Waals surface area contributed by atoms with Crippen molar-refractivity contribution in [3.8, 4) is 0 Å². The molecule has 262 valence electrons. The van der Waals surface area contributed by atoms with E-state index < -0.39 is 24.4 Å². The fraction of sp³-hybridized carbons (Fsp3) is 0.919. The first-order valence-electron chi connectivity index (χ1n) is 18.7. The lowest BCUT2D eigenvalue weighted by Gasteiger charge is -2.24. The first-order valence-corrected chi connectivity index (χ1v) is 18.7. The highest BCUT2D eigenvalue weighted by Gasteiger charge is 2.36. The van der Waals surface area contributed by atoms with Crippen LogP contribution in [0.25, 0.3) is 0 Å². The van der Waals surface area contributed by atoms with Gasteiger partial charge in [0.1, 0.15) is 6.10 Å². The van der Waals surface area contributed by atoms with E-state index in [1.165, 1.54) is 38.5 Å². The summed E-state index contributed by atoms with van der Waals surface area (Å²) < 4.78 is 17.3. The minimum atomic E-state index is -0.627. The van der Waals surface area contributed by atoms with Crippen LogP contribution in [0.3, 0.4) is 0 Å². The fourth-order valence-corrected chi connectivity index (χ4v) is 7.29. The summed E-state index contributed by atoms with van der Waals surface area (Å²) in [4.78, 5) is 11.7. The molecule has 9 atom stereocenters. The Morgan fingerprint density at radius 3 is 1.78 bits per heavy atom. The molecule has 8 nitrogen and oxygen atoms in total. The molecule has 0 aromatic heterocycles. The quantitative estimate of drug-likeness (QED) is 0.0634. The van der Waals surface area contributed by atoms with Crippen molar-refractivity contribution in [1.82, 2.24) is 0 Å². The maximum absolute atomic E-state index is 11.7. The van der Waals surface area contributed by atoms with E-state index in [4.69, 9.17) is 14.2 Å². The van der Waals surface area contributed by atoms with Crippen molar-refractivity contribution in [3.05, 3.63) is 11.6 Å². The minimum absolute atomic E-state index is 0.162. The Labute approximate surface area is 273 Å². The van der Waals surface area contributed by atoms with Gasteiger partial charge in [0.15, 0.2) is 0 Å². The molecule has 45 heavy (non-hydrogen) atoms.